The third-order valence-electron chi connectivity index (χ3n) is 8.47. The van der Waals surface area contributed by atoms with Crippen LogP contribution in [0.15, 0.2) is 12.2 Å². The van der Waals surface area contributed by atoms with Gasteiger partial charge in [-0.3, -0.25) is 0 Å². The van der Waals surface area contributed by atoms with Gasteiger partial charge in [0, 0.05) is 6.08 Å². The average Bonchev–Trinajstić information content (AvgIpc) is 2.96. The minimum Gasteiger partial charge on any atom is -0.463 e. The molecule has 0 saturated carbocycles. The van der Waals surface area contributed by atoms with Crippen molar-refractivity contribution in [2.24, 2.45) is 0 Å². The van der Waals surface area contributed by atoms with Gasteiger partial charge >= 0.3 is 5.97 Å². The Morgan fingerprint density at radius 2 is 0.675 bits per heavy atom. The predicted octanol–water partition coefficient (Wildman–Crippen LogP) is 13.6. The van der Waals surface area contributed by atoms with Gasteiger partial charge in [-0.15, -0.1) is 0 Å². The number of esters is 1. The Morgan fingerprint density at radius 3 is 1.00 bits per heavy atom. The van der Waals surface area contributed by atoms with Crippen molar-refractivity contribution in [3.05, 3.63) is 12.2 Å². The lowest BCUT2D eigenvalue weighted by Crippen LogP contribution is -2.02. The SMILES string of the molecule is CCCCCCCCCCCCCCCCC/C=C/C(=O)OCCCCCCCCCCCCCCCCCC. The molecule has 0 rings (SSSR count). The molecule has 0 amide bonds. The van der Waals surface area contributed by atoms with Crippen LogP contribution in [0.1, 0.15) is 219 Å². The molecule has 0 saturated heterocycles. The van der Waals surface area contributed by atoms with Gasteiger partial charge in [0.1, 0.15) is 0 Å². The van der Waals surface area contributed by atoms with Crippen LogP contribution in [0.5, 0.6) is 0 Å². The Labute approximate surface area is 253 Å². The van der Waals surface area contributed by atoms with E-state index in [1.807, 2.05) is 6.08 Å². The standard InChI is InChI=1S/C38H74O2/c1-3-5-7-9-11-13-15-17-19-21-22-24-26-28-30-32-34-36-38(39)40-37-35-33-31-29-27-25-23-20-18-16-14-12-10-8-6-4-2/h34,36H,3-33,35,37H2,1-2H3/b36-34+. The molecular formula is C38H74O2. The van der Waals surface area contributed by atoms with E-state index in [2.05, 4.69) is 13.8 Å². The van der Waals surface area contributed by atoms with E-state index in [4.69, 9.17) is 4.74 Å². The van der Waals surface area contributed by atoms with Gasteiger partial charge in [0.2, 0.25) is 0 Å². The third-order valence-corrected chi connectivity index (χ3v) is 8.47. The largest absolute Gasteiger partial charge is 0.463 e. The second-order valence-corrected chi connectivity index (χ2v) is 12.6. The maximum Gasteiger partial charge on any atom is 0.330 e. The summed E-state index contributed by atoms with van der Waals surface area (Å²) < 4.78 is 5.36. The average molecular weight is 563 g/mol. The molecule has 0 aliphatic heterocycles. The predicted molar refractivity (Wildman–Crippen MR) is 179 cm³/mol. The summed E-state index contributed by atoms with van der Waals surface area (Å²) in [6, 6.07) is 0. The molecule has 0 N–H and O–H groups in total. The van der Waals surface area contributed by atoms with Crippen LogP contribution in [-0.4, -0.2) is 12.6 Å². The van der Waals surface area contributed by atoms with Crippen molar-refractivity contribution in [2.75, 3.05) is 6.61 Å². The molecule has 0 aliphatic carbocycles. The fourth-order valence-corrected chi connectivity index (χ4v) is 5.68. The molecule has 0 bridgehead atoms. The Bertz CT molecular complexity index is 498. The highest BCUT2D eigenvalue weighted by Gasteiger charge is 1.98. The smallest absolute Gasteiger partial charge is 0.330 e. The lowest BCUT2D eigenvalue weighted by atomic mass is 10.0. The number of hydrogen-bond acceptors (Lipinski definition) is 2. The highest BCUT2D eigenvalue weighted by molar-refractivity contribution is 5.81. The van der Waals surface area contributed by atoms with Crippen molar-refractivity contribution in [2.45, 2.75) is 219 Å². The number of hydrogen-bond donors (Lipinski definition) is 0. The second-order valence-electron chi connectivity index (χ2n) is 12.6. The highest BCUT2D eigenvalue weighted by Crippen LogP contribution is 2.15. The lowest BCUT2D eigenvalue weighted by molar-refractivity contribution is -0.137. The Hall–Kier alpha value is -0.790. The van der Waals surface area contributed by atoms with E-state index >= 15 is 0 Å². The first-order valence-electron chi connectivity index (χ1n) is 18.6. The summed E-state index contributed by atoms with van der Waals surface area (Å²) in [6.07, 6.45) is 47.4. The van der Waals surface area contributed by atoms with Crippen molar-refractivity contribution >= 4 is 5.97 Å². The van der Waals surface area contributed by atoms with Gasteiger partial charge in [-0.2, -0.15) is 0 Å². The molecule has 0 aromatic rings. The van der Waals surface area contributed by atoms with Crippen LogP contribution in [0.4, 0.5) is 0 Å². The molecule has 238 valence electrons. The monoisotopic (exact) mass is 563 g/mol. The van der Waals surface area contributed by atoms with Crippen LogP contribution in [0.25, 0.3) is 0 Å². The molecule has 0 unspecified atom stereocenters. The first kappa shape index (κ1) is 39.2. The van der Waals surface area contributed by atoms with Crippen LogP contribution < -0.4 is 0 Å². The van der Waals surface area contributed by atoms with Gasteiger partial charge < -0.3 is 4.74 Å². The topological polar surface area (TPSA) is 26.3 Å². The van der Waals surface area contributed by atoms with E-state index in [1.54, 1.807) is 6.08 Å². The summed E-state index contributed by atoms with van der Waals surface area (Å²) in [5.74, 6) is -0.151. The summed E-state index contributed by atoms with van der Waals surface area (Å²) in [7, 11) is 0. The van der Waals surface area contributed by atoms with Crippen molar-refractivity contribution in [1.82, 2.24) is 0 Å². The summed E-state index contributed by atoms with van der Waals surface area (Å²) in [4.78, 5) is 11.9. The number of carbonyl (C=O) groups excluding carboxylic acids is 1. The van der Waals surface area contributed by atoms with Gasteiger partial charge in [0.25, 0.3) is 0 Å². The molecular weight excluding hydrogens is 488 g/mol. The zero-order valence-corrected chi connectivity index (χ0v) is 27.8. The number of unbranched alkanes of at least 4 members (excludes halogenated alkanes) is 30. The molecule has 0 fully saturated rings. The van der Waals surface area contributed by atoms with Gasteiger partial charge in [-0.05, 0) is 19.3 Å². The van der Waals surface area contributed by atoms with Gasteiger partial charge in [-0.25, -0.2) is 4.79 Å². The normalized spacial score (nSPS) is 11.6. The quantitative estimate of drug-likeness (QED) is 0.0443. The first-order valence-corrected chi connectivity index (χ1v) is 18.6. The molecule has 0 atom stereocenters. The zero-order valence-electron chi connectivity index (χ0n) is 27.8. The van der Waals surface area contributed by atoms with Crippen LogP contribution in [0.3, 0.4) is 0 Å². The maximum atomic E-state index is 11.9. The zero-order chi connectivity index (χ0) is 29.0. The summed E-state index contributed by atoms with van der Waals surface area (Å²) in [5, 5.41) is 0. The molecule has 0 radical (unpaired) electrons. The van der Waals surface area contributed by atoms with Crippen LogP contribution in [-0.2, 0) is 9.53 Å². The van der Waals surface area contributed by atoms with Crippen LogP contribution in [0, 0.1) is 0 Å². The van der Waals surface area contributed by atoms with Crippen molar-refractivity contribution < 1.29 is 9.53 Å². The first-order chi connectivity index (χ1) is 19.8. The molecule has 0 spiro atoms. The molecule has 2 nitrogen and oxygen atoms in total. The van der Waals surface area contributed by atoms with E-state index in [0.717, 1.165) is 12.8 Å². The number of rotatable bonds is 34. The van der Waals surface area contributed by atoms with Crippen molar-refractivity contribution in [1.29, 1.82) is 0 Å². The summed E-state index contributed by atoms with van der Waals surface area (Å²) in [6.45, 7) is 5.16. The third kappa shape index (κ3) is 35.2. The highest BCUT2D eigenvalue weighted by atomic mass is 16.5. The molecule has 0 heterocycles. The molecule has 40 heavy (non-hydrogen) atoms. The fourth-order valence-electron chi connectivity index (χ4n) is 5.68. The number of ether oxygens (including phenoxy) is 1. The minimum absolute atomic E-state index is 0.151. The lowest BCUT2D eigenvalue weighted by Gasteiger charge is -2.04. The maximum absolute atomic E-state index is 11.9. The molecule has 0 aromatic carbocycles. The fraction of sp³-hybridized carbons (Fsp3) is 0.921. The van der Waals surface area contributed by atoms with E-state index < -0.39 is 0 Å². The van der Waals surface area contributed by atoms with Gasteiger partial charge in [-0.1, -0.05) is 206 Å². The Balaban J connectivity index is 3.21. The number of carbonyl (C=O) groups is 1. The Kier molecular flexibility index (Phi) is 35.5. The van der Waals surface area contributed by atoms with Gasteiger partial charge in [0.15, 0.2) is 0 Å². The van der Waals surface area contributed by atoms with Crippen LogP contribution in [0.2, 0.25) is 0 Å². The minimum atomic E-state index is -0.151. The van der Waals surface area contributed by atoms with Crippen molar-refractivity contribution in [3.8, 4) is 0 Å². The molecule has 2 heteroatoms. The van der Waals surface area contributed by atoms with E-state index in [1.165, 1.54) is 193 Å². The number of allylic oxidation sites excluding steroid dienone is 1. The summed E-state index contributed by atoms with van der Waals surface area (Å²) in [5.41, 5.74) is 0. The van der Waals surface area contributed by atoms with Gasteiger partial charge in [0.05, 0.1) is 6.61 Å². The van der Waals surface area contributed by atoms with Crippen LogP contribution >= 0.6 is 0 Å². The van der Waals surface area contributed by atoms with E-state index in [-0.39, 0.29) is 5.97 Å². The second kappa shape index (κ2) is 36.2. The Morgan fingerprint density at radius 1 is 0.400 bits per heavy atom. The van der Waals surface area contributed by atoms with Crippen molar-refractivity contribution in [3.63, 3.8) is 0 Å². The molecule has 0 aliphatic rings. The summed E-state index contributed by atoms with van der Waals surface area (Å²) >= 11 is 0. The molecule has 0 aromatic heterocycles. The van der Waals surface area contributed by atoms with E-state index in [9.17, 15) is 4.79 Å². The van der Waals surface area contributed by atoms with E-state index in [0.29, 0.717) is 6.61 Å².